The van der Waals surface area contributed by atoms with E-state index in [1.54, 1.807) is 12.1 Å². The third-order valence-electron chi connectivity index (χ3n) is 4.32. The van der Waals surface area contributed by atoms with Gasteiger partial charge in [-0.15, -0.1) is 0 Å². The van der Waals surface area contributed by atoms with Crippen molar-refractivity contribution in [1.82, 2.24) is 0 Å². The fourth-order valence-corrected chi connectivity index (χ4v) is 2.77. The second-order valence-electron chi connectivity index (χ2n) is 7.30. The highest BCUT2D eigenvalue weighted by Crippen LogP contribution is 2.29. The molecule has 0 unspecified atom stereocenters. The van der Waals surface area contributed by atoms with E-state index < -0.39 is 17.8 Å². The zero-order chi connectivity index (χ0) is 20.9. The van der Waals surface area contributed by atoms with E-state index in [0.717, 1.165) is 28.9 Å². The topological polar surface area (TPSA) is 67.1 Å². The number of hydrogen-bond donors (Lipinski definition) is 3. The Bertz CT molecular complexity index is 802. The molecule has 7 heteroatoms. The fourth-order valence-electron chi connectivity index (χ4n) is 2.77. The van der Waals surface area contributed by atoms with E-state index in [1.165, 1.54) is 12.1 Å². The molecule has 0 saturated heterocycles. The van der Waals surface area contributed by atoms with Crippen LogP contribution < -0.4 is 16.4 Å². The first-order chi connectivity index (χ1) is 13.1. The molecule has 0 aliphatic rings. The van der Waals surface area contributed by atoms with Crippen LogP contribution in [0.3, 0.4) is 0 Å². The number of alkyl halides is 3. The largest absolute Gasteiger partial charge is 0.416 e. The smallest absolute Gasteiger partial charge is 0.381 e. The normalized spacial score (nSPS) is 12.7. The molecule has 4 N–H and O–H groups in total. The highest BCUT2D eigenvalue weighted by molar-refractivity contribution is 5.95. The molecule has 0 bridgehead atoms. The van der Waals surface area contributed by atoms with Crippen LogP contribution >= 0.6 is 0 Å². The predicted molar refractivity (Wildman–Crippen MR) is 106 cm³/mol. The van der Waals surface area contributed by atoms with Crippen LogP contribution in [0, 0.1) is 12.8 Å². The van der Waals surface area contributed by atoms with Gasteiger partial charge >= 0.3 is 6.18 Å². The minimum Gasteiger partial charge on any atom is -0.381 e. The van der Waals surface area contributed by atoms with Crippen molar-refractivity contribution in [3.05, 3.63) is 59.2 Å². The molecule has 1 atom stereocenters. The van der Waals surface area contributed by atoms with Crippen molar-refractivity contribution in [1.29, 1.82) is 0 Å². The van der Waals surface area contributed by atoms with Gasteiger partial charge in [0.05, 0.1) is 11.6 Å². The van der Waals surface area contributed by atoms with Crippen LogP contribution in [0.4, 0.5) is 24.5 Å². The summed E-state index contributed by atoms with van der Waals surface area (Å²) in [5.74, 6) is 0.112. The molecular weight excluding hydrogens is 367 g/mol. The fraction of sp³-hybridized carbons (Fsp3) is 0.381. The van der Waals surface area contributed by atoms with Crippen LogP contribution in [0.25, 0.3) is 0 Å². The number of aryl methyl sites for hydroxylation is 1. The summed E-state index contributed by atoms with van der Waals surface area (Å²) in [6.45, 7) is 6.28. The number of anilines is 2. The SMILES string of the molecule is Cc1cc(NCc2ccc(C(F)(F)F)cc2)ccc1NC(=O)[C@@H](N)CC(C)C. The van der Waals surface area contributed by atoms with Crippen molar-refractivity contribution in [2.45, 2.75) is 46.0 Å². The molecule has 0 heterocycles. The molecule has 2 rings (SSSR count). The molecule has 152 valence electrons. The quantitative estimate of drug-likeness (QED) is 0.624. The van der Waals surface area contributed by atoms with Gasteiger partial charge in [-0.3, -0.25) is 4.79 Å². The summed E-state index contributed by atoms with van der Waals surface area (Å²) >= 11 is 0. The maximum Gasteiger partial charge on any atom is 0.416 e. The second kappa shape index (κ2) is 9.10. The Kier molecular flexibility index (Phi) is 7.07. The minimum absolute atomic E-state index is 0.220. The number of nitrogens with two attached hydrogens (primary N) is 1. The zero-order valence-corrected chi connectivity index (χ0v) is 16.2. The first-order valence-electron chi connectivity index (χ1n) is 9.13. The standard InChI is InChI=1S/C21H26F3N3O/c1-13(2)10-18(25)20(28)27-19-9-8-17(11-14(19)3)26-12-15-4-6-16(7-5-15)21(22,23)24/h4-9,11,13,18,26H,10,12,25H2,1-3H3,(H,27,28)/t18-/m0/s1. The van der Waals surface area contributed by atoms with Crippen molar-refractivity contribution in [2.24, 2.45) is 11.7 Å². The molecule has 0 radical (unpaired) electrons. The van der Waals surface area contributed by atoms with Crippen molar-refractivity contribution in [2.75, 3.05) is 10.6 Å². The molecular formula is C21H26F3N3O. The maximum absolute atomic E-state index is 12.6. The Morgan fingerprint density at radius 3 is 2.29 bits per heavy atom. The van der Waals surface area contributed by atoms with E-state index >= 15 is 0 Å². The molecule has 2 aromatic carbocycles. The Balaban J connectivity index is 1.96. The number of amides is 1. The first-order valence-corrected chi connectivity index (χ1v) is 9.13. The van der Waals surface area contributed by atoms with Gasteiger partial charge in [0.25, 0.3) is 0 Å². The van der Waals surface area contributed by atoms with E-state index in [4.69, 9.17) is 5.73 Å². The molecule has 0 saturated carbocycles. The van der Waals surface area contributed by atoms with Crippen LogP contribution in [0.1, 0.15) is 37.0 Å². The highest BCUT2D eigenvalue weighted by Gasteiger charge is 2.29. The van der Waals surface area contributed by atoms with Crippen LogP contribution in [-0.2, 0) is 17.5 Å². The number of benzene rings is 2. The maximum atomic E-state index is 12.6. The average Bonchev–Trinajstić information content (AvgIpc) is 2.61. The Labute approximate surface area is 163 Å². The van der Waals surface area contributed by atoms with Crippen LogP contribution in [0.2, 0.25) is 0 Å². The third kappa shape index (κ3) is 6.27. The lowest BCUT2D eigenvalue weighted by Gasteiger charge is -2.16. The summed E-state index contributed by atoms with van der Waals surface area (Å²) in [6.07, 6.45) is -3.72. The van der Waals surface area contributed by atoms with Gasteiger partial charge in [0.1, 0.15) is 0 Å². The summed E-state index contributed by atoms with van der Waals surface area (Å²) in [6, 6.07) is 9.94. The molecule has 0 aromatic heterocycles. The van der Waals surface area contributed by atoms with E-state index in [2.05, 4.69) is 10.6 Å². The molecule has 2 aromatic rings. The van der Waals surface area contributed by atoms with Gasteiger partial charge in [-0.1, -0.05) is 26.0 Å². The third-order valence-corrected chi connectivity index (χ3v) is 4.32. The van der Waals surface area contributed by atoms with Crippen LogP contribution in [0.5, 0.6) is 0 Å². The first kappa shape index (κ1) is 21.8. The molecule has 0 aliphatic heterocycles. The van der Waals surface area contributed by atoms with Crippen molar-refractivity contribution in [3.63, 3.8) is 0 Å². The van der Waals surface area contributed by atoms with Crippen molar-refractivity contribution >= 4 is 17.3 Å². The molecule has 1 amide bonds. The summed E-state index contributed by atoms with van der Waals surface area (Å²) < 4.78 is 37.8. The number of carbonyl (C=O) groups excluding carboxylic acids is 1. The van der Waals surface area contributed by atoms with Gasteiger partial charge in [0.2, 0.25) is 5.91 Å². The Morgan fingerprint density at radius 2 is 1.75 bits per heavy atom. The summed E-state index contributed by atoms with van der Waals surface area (Å²) in [7, 11) is 0. The molecule has 28 heavy (non-hydrogen) atoms. The lowest BCUT2D eigenvalue weighted by Crippen LogP contribution is -2.36. The van der Waals surface area contributed by atoms with Gasteiger partial charge in [-0.25, -0.2) is 0 Å². The zero-order valence-electron chi connectivity index (χ0n) is 16.2. The summed E-state index contributed by atoms with van der Waals surface area (Å²) in [5.41, 5.74) is 8.33. The number of halogens is 3. The molecule has 0 spiro atoms. The van der Waals surface area contributed by atoms with Gasteiger partial charge in [0.15, 0.2) is 0 Å². The van der Waals surface area contributed by atoms with Gasteiger partial charge < -0.3 is 16.4 Å². The van der Waals surface area contributed by atoms with Gasteiger partial charge in [0, 0.05) is 17.9 Å². The van der Waals surface area contributed by atoms with E-state index in [-0.39, 0.29) is 5.91 Å². The average molecular weight is 393 g/mol. The van der Waals surface area contributed by atoms with Gasteiger partial charge in [-0.05, 0) is 60.7 Å². The summed E-state index contributed by atoms with van der Waals surface area (Å²) in [5, 5.41) is 6.01. The Morgan fingerprint density at radius 1 is 1.11 bits per heavy atom. The second-order valence-corrected chi connectivity index (χ2v) is 7.30. The van der Waals surface area contributed by atoms with Crippen LogP contribution in [-0.4, -0.2) is 11.9 Å². The molecule has 0 fully saturated rings. The number of rotatable bonds is 7. The number of carbonyl (C=O) groups is 1. The lowest BCUT2D eigenvalue weighted by atomic mass is 10.0. The van der Waals surface area contributed by atoms with E-state index in [1.807, 2.05) is 26.8 Å². The Hall–Kier alpha value is -2.54. The van der Waals surface area contributed by atoms with E-state index in [0.29, 0.717) is 24.6 Å². The molecule has 0 aliphatic carbocycles. The monoisotopic (exact) mass is 393 g/mol. The predicted octanol–water partition coefficient (Wildman–Crippen LogP) is 4.94. The number of nitrogens with one attached hydrogen (secondary N) is 2. The highest BCUT2D eigenvalue weighted by atomic mass is 19.4. The number of hydrogen-bond acceptors (Lipinski definition) is 3. The molecule has 4 nitrogen and oxygen atoms in total. The van der Waals surface area contributed by atoms with Gasteiger partial charge in [-0.2, -0.15) is 13.2 Å². The van der Waals surface area contributed by atoms with E-state index in [9.17, 15) is 18.0 Å². The lowest BCUT2D eigenvalue weighted by molar-refractivity contribution is -0.137. The van der Waals surface area contributed by atoms with Crippen molar-refractivity contribution in [3.8, 4) is 0 Å². The summed E-state index contributed by atoms with van der Waals surface area (Å²) in [4.78, 5) is 12.2. The minimum atomic E-state index is -4.33. The van der Waals surface area contributed by atoms with Crippen molar-refractivity contribution < 1.29 is 18.0 Å². The van der Waals surface area contributed by atoms with Crippen LogP contribution in [0.15, 0.2) is 42.5 Å².